The summed E-state index contributed by atoms with van der Waals surface area (Å²) < 4.78 is 1.99. The summed E-state index contributed by atoms with van der Waals surface area (Å²) in [4.78, 5) is 2.50. The van der Waals surface area contributed by atoms with Gasteiger partial charge in [0.1, 0.15) is 0 Å². The van der Waals surface area contributed by atoms with Gasteiger partial charge in [-0.1, -0.05) is 6.92 Å². The van der Waals surface area contributed by atoms with Crippen LogP contribution in [0.5, 0.6) is 0 Å². The molecular formula is C14H26N4. The van der Waals surface area contributed by atoms with Crippen molar-refractivity contribution in [3.63, 3.8) is 0 Å². The van der Waals surface area contributed by atoms with Gasteiger partial charge >= 0.3 is 0 Å². The Labute approximate surface area is 110 Å². The van der Waals surface area contributed by atoms with Crippen LogP contribution in [0.15, 0.2) is 6.20 Å². The summed E-state index contributed by atoms with van der Waals surface area (Å²) >= 11 is 0. The third-order valence-corrected chi connectivity index (χ3v) is 4.26. The van der Waals surface area contributed by atoms with Crippen LogP contribution in [0.1, 0.15) is 37.1 Å². The van der Waals surface area contributed by atoms with Crippen LogP contribution in [0, 0.1) is 12.8 Å². The number of nitrogens with zero attached hydrogens (tertiary/aromatic N) is 3. The van der Waals surface area contributed by atoms with E-state index in [1.54, 1.807) is 0 Å². The van der Waals surface area contributed by atoms with Gasteiger partial charge in [0.25, 0.3) is 0 Å². The number of aromatic nitrogens is 2. The topological polar surface area (TPSA) is 33.1 Å². The molecule has 4 heteroatoms. The maximum Gasteiger partial charge on any atom is 0.0540 e. The van der Waals surface area contributed by atoms with Gasteiger partial charge in [0.2, 0.25) is 0 Å². The van der Waals surface area contributed by atoms with Crippen molar-refractivity contribution in [2.75, 3.05) is 26.7 Å². The lowest BCUT2D eigenvalue weighted by atomic mass is 9.85. The van der Waals surface area contributed by atoms with Crippen molar-refractivity contribution in [3.8, 4) is 0 Å². The van der Waals surface area contributed by atoms with E-state index in [1.165, 1.54) is 30.6 Å². The zero-order valence-electron chi connectivity index (χ0n) is 12.1. The van der Waals surface area contributed by atoms with Crippen LogP contribution in [0.3, 0.4) is 0 Å². The van der Waals surface area contributed by atoms with Gasteiger partial charge in [-0.3, -0.25) is 9.58 Å². The summed E-state index contributed by atoms with van der Waals surface area (Å²) in [5, 5.41) is 7.92. The van der Waals surface area contributed by atoms with E-state index in [1.807, 2.05) is 11.7 Å². The molecule has 2 unspecified atom stereocenters. The molecule has 2 rings (SSSR count). The summed E-state index contributed by atoms with van der Waals surface area (Å²) in [5.74, 6) is 0.701. The Morgan fingerprint density at radius 2 is 2.22 bits per heavy atom. The zero-order chi connectivity index (χ0) is 13.1. The van der Waals surface area contributed by atoms with Crippen molar-refractivity contribution in [1.82, 2.24) is 20.0 Å². The first-order valence-corrected chi connectivity index (χ1v) is 7.04. The minimum absolute atomic E-state index is 0.520. The number of rotatable bonds is 4. The Morgan fingerprint density at radius 3 is 2.83 bits per heavy atom. The van der Waals surface area contributed by atoms with Crippen LogP contribution >= 0.6 is 0 Å². The van der Waals surface area contributed by atoms with Crippen molar-refractivity contribution in [3.05, 3.63) is 17.5 Å². The highest BCUT2D eigenvalue weighted by Gasteiger charge is 2.32. The molecule has 0 aromatic carbocycles. The number of aryl methyl sites for hydroxylation is 1. The zero-order valence-corrected chi connectivity index (χ0v) is 12.1. The van der Waals surface area contributed by atoms with Crippen LogP contribution < -0.4 is 5.32 Å². The summed E-state index contributed by atoms with van der Waals surface area (Å²) in [5.41, 5.74) is 2.71. The molecule has 1 aliphatic heterocycles. The Balaban J connectivity index is 2.21. The molecule has 0 spiro atoms. The molecule has 2 heterocycles. The summed E-state index contributed by atoms with van der Waals surface area (Å²) in [7, 11) is 4.27. The van der Waals surface area contributed by atoms with Crippen LogP contribution in [0.25, 0.3) is 0 Å². The predicted molar refractivity (Wildman–Crippen MR) is 74.6 cm³/mol. The van der Waals surface area contributed by atoms with Crippen LogP contribution in [-0.4, -0.2) is 41.4 Å². The van der Waals surface area contributed by atoms with E-state index in [0.717, 1.165) is 13.1 Å². The maximum atomic E-state index is 4.41. The van der Waals surface area contributed by atoms with E-state index in [0.29, 0.717) is 12.0 Å². The highest BCUT2D eigenvalue weighted by Crippen LogP contribution is 2.35. The van der Waals surface area contributed by atoms with Gasteiger partial charge < -0.3 is 5.32 Å². The Bertz CT molecular complexity index is 385. The molecule has 0 bridgehead atoms. The van der Waals surface area contributed by atoms with Gasteiger partial charge in [-0.25, -0.2) is 0 Å². The quantitative estimate of drug-likeness (QED) is 0.883. The van der Waals surface area contributed by atoms with E-state index >= 15 is 0 Å². The van der Waals surface area contributed by atoms with E-state index in [9.17, 15) is 0 Å². The molecule has 0 saturated carbocycles. The van der Waals surface area contributed by atoms with Crippen molar-refractivity contribution in [2.24, 2.45) is 13.0 Å². The van der Waals surface area contributed by atoms with Gasteiger partial charge in [-0.2, -0.15) is 5.10 Å². The molecule has 1 aromatic rings. The standard InChI is InChI=1S/C14H26N4/c1-5-15-9-12-7-6-8-17(3)14(12)13-10-16-18(4)11(13)2/h10,12,14-15H,5-9H2,1-4H3. The SMILES string of the molecule is CCNCC1CCCN(C)C1c1cnn(C)c1C. The van der Waals surface area contributed by atoms with Crippen LogP contribution in [0.4, 0.5) is 0 Å². The average molecular weight is 250 g/mol. The molecule has 0 aliphatic carbocycles. The van der Waals surface area contributed by atoms with Crippen molar-refractivity contribution in [2.45, 2.75) is 32.7 Å². The average Bonchev–Trinajstić information content (AvgIpc) is 2.68. The molecule has 1 aromatic heterocycles. The molecule has 1 fully saturated rings. The first-order chi connectivity index (χ1) is 8.65. The molecule has 1 aliphatic rings. The Morgan fingerprint density at radius 1 is 1.44 bits per heavy atom. The number of nitrogens with one attached hydrogen (secondary N) is 1. The molecule has 18 heavy (non-hydrogen) atoms. The van der Waals surface area contributed by atoms with Gasteiger partial charge in [-0.05, 0) is 52.4 Å². The normalized spacial score (nSPS) is 25.6. The molecule has 0 amide bonds. The second kappa shape index (κ2) is 5.85. The van der Waals surface area contributed by atoms with Crippen LogP contribution in [-0.2, 0) is 7.05 Å². The summed E-state index contributed by atoms with van der Waals surface area (Å²) in [6.07, 6.45) is 4.68. The lowest BCUT2D eigenvalue weighted by molar-refractivity contribution is 0.119. The van der Waals surface area contributed by atoms with Crippen LogP contribution in [0.2, 0.25) is 0 Å². The lowest BCUT2D eigenvalue weighted by Gasteiger charge is -2.39. The fourth-order valence-electron chi connectivity index (χ4n) is 3.10. The van der Waals surface area contributed by atoms with E-state index in [4.69, 9.17) is 0 Å². The number of hydrogen-bond donors (Lipinski definition) is 1. The minimum Gasteiger partial charge on any atom is -0.317 e. The van der Waals surface area contributed by atoms with Crippen molar-refractivity contribution < 1.29 is 0 Å². The number of hydrogen-bond acceptors (Lipinski definition) is 3. The van der Waals surface area contributed by atoms with E-state index < -0.39 is 0 Å². The minimum atomic E-state index is 0.520. The fraction of sp³-hybridized carbons (Fsp3) is 0.786. The van der Waals surface area contributed by atoms with Gasteiger partial charge in [-0.15, -0.1) is 0 Å². The molecular weight excluding hydrogens is 224 g/mol. The number of piperidine rings is 1. The Hall–Kier alpha value is -0.870. The number of likely N-dealkylation sites (tertiary alicyclic amines) is 1. The highest BCUT2D eigenvalue weighted by atomic mass is 15.3. The fourth-order valence-corrected chi connectivity index (χ4v) is 3.10. The first-order valence-electron chi connectivity index (χ1n) is 7.04. The first kappa shape index (κ1) is 13.6. The highest BCUT2D eigenvalue weighted by molar-refractivity contribution is 5.22. The molecule has 1 N–H and O–H groups in total. The van der Waals surface area contributed by atoms with Gasteiger partial charge in [0, 0.05) is 24.3 Å². The second-order valence-corrected chi connectivity index (χ2v) is 5.44. The van der Waals surface area contributed by atoms with Gasteiger partial charge in [0.05, 0.1) is 6.20 Å². The van der Waals surface area contributed by atoms with E-state index in [2.05, 4.69) is 42.4 Å². The van der Waals surface area contributed by atoms with E-state index in [-0.39, 0.29) is 0 Å². The smallest absolute Gasteiger partial charge is 0.0540 e. The predicted octanol–water partition coefficient (Wildman–Crippen LogP) is 1.72. The van der Waals surface area contributed by atoms with Crippen molar-refractivity contribution >= 4 is 0 Å². The Kier molecular flexibility index (Phi) is 4.40. The third-order valence-electron chi connectivity index (χ3n) is 4.26. The molecule has 0 radical (unpaired) electrons. The maximum absolute atomic E-state index is 4.41. The molecule has 102 valence electrons. The molecule has 1 saturated heterocycles. The van der Waals surface area contributed by atoms with Gasteiger partial charge in [0.15, 0.2) is 0 Å². The summed E-state index contributed by atoms with van der Waals surface area (Å²) in [6.45, 7) is 7.71. The second-order valence-electron chi connectivity index (χ2n) is 5.44. The molecule has 2 atom stereocenters. The summed E-state index contributed by atoms with van der Waals surface area (Å²) in [6, 6.07) is 0.520. The third kappa shape index (κ3) is 2.59. The van der Waals surface area contributed by atoms with Crippen molar-refractivity contribution in [1.29, 1.82) is 0 Å². The molecule has 4 nitrogen and oxygen atoms in total. The largest absolute Gasteiger partial charge is 0.317 e. The monoisotopic (exact) mass is 250 g/mol. The lowest BCUT2D eigenvalue weighted by Crippen LogP contribution is -2.40.